The van der Waals surface area contributed by atoms with E-state index in [4.69, 9.17) is 14.4 Å². The molecule has 0 saturated heterocycles. The van der Waals surface area contributed by atoms with Crippen LogP contribution in [0.3, 0.4) is 0 Å². The molecule has 13 aromatic rings. The minimum atomic E-state index is -0.295. The van der Waals surface area contributed by atoms with Gasteiger partial charge in [0.15, 0.2) is 0 Å². The molecule has 0 fully saturated rings. The molecule has 0 N–H and O–H groups in total. The summed E-state index contributed by atoms with van der Waals surface area (Å²) in [5, 5.41) is 2.21. The standard InChI is InChI=1S/C53H46N2O.C25H24FN2.Ir/c1-33(2)45-30-41(47-29-37-22-21-35-17-19-36(20-18-35)23-25-39(47)26-24-37)31-46(34(3)4)51(45)55-49-16-9-8-15-48(49)54-53(55)44-14-10-13-43-42-28-27-40(32-50(42)56-52(43)44)38-11-6-5-7-12-38;1-16(2)20-8-7-9-21(17(3)4)24(20)28-23-11-6-5-10-22(23)27-25(28)18-12-14-19(26)15-13-18;/h5-20,24,26-34H,21-23,25H2,1-4H3;5-12,14-17H,1-4H3;/q;-1;. The molecule has 7 heteroatoms. The van der Waals surface area contributed by atoms with Gasteiger partial charge >= 0.3 is 0 Å². The van der Waals surface area contributed by atoms with E-state index in [9.17, 15) is 4.39 Å². The van der Waals surface area contributed by atoms with Crippen LogP contribution < -0.4 is 0 Å². The van der Waals surface area contributed by atoms with Gasteiger partial charge in [0.05, 0.1) is 39.1 Å². The minimum absolute atomic E-state index is 0. The Morgan fingerprint density at radius 2 is 0.988 bits per heavy atom. The Hall–Kier alpha value is -8.48. The first-order chi connectivity index (χ1) is 40.9. The zero-order valence-corrected chi connectivity index (χ0v) is 52.1. The smallest absolute Gasteiger partial charge is 0.149 e. The number of imidazole rings is 2. The van der Waals surface area contributed by atoms with E-state index in [0.717, 1.165) is 98.0 Å². The summed E-state index contributed by atoms with van der Waals surface area (Å²) in [6.45, 7) is 18.2. The van der Waals surface area contributed by atoms with Gasteiger partial charge in [0.2, 0.25) is 0 Å². The maximum absolute atomic E-state index is 13.5. The van der Waals surface area contributed by atoms with Gasteiger partial charge in [-0.1, -0.05) is 189 Å². The quantitative estimate of drug-likeness (QED) is 0.128. The van der Waals surface area contributed by atoms with Gasteiger partial charge in [-0.05, 0) is 171 Å². The van der Waals surface area contributed by atoms with Gasteiger partial charge in [-0.3, -0.25) is 13.9 Å². The average Bonchev–Trinajstić information content (AvgIpc) is 1.84. The zero-order valence-electron chi connectivity index (χ0n) is 49.7. The van der Waals surface area contributed by atoms with Crippen molar-refractivity contribution < 1.29 is 28.9 Å². The van der Waals surface area contributed by atoms with Crippen LogP contribution in [0, 0.1) is 11.9 Å². The van der Waals surface area contributed by atoms with E-state index in [2.05, 4.69) is 240 Å². The Balaban J connectivity index is 0.000000206. The Bertz CT molecular complexity index is 4510. The van der Waals surface area contributed by atoms with Crippen molar-refractivity contribution in [3.05, 3.63) is 263 Å². The summed E-state index contributed by atoms with van der Waals surface area (Å²) in [7, 11) is 0. The fraction of sp³-hybridized carbons (Fsp3) is 0.205. The van der Waals surface area contributed by atoms with E-state index in [1.54, 1.807) is 6.07 Å². The van der Waals surface area contributed by atoms with Crippen molar-refractivity contribution in [2.75, 3.05) is 0 Å². The van der Waals surface area contributed by atoms with Crippen molar-refractivity contribution in [2.45, 2.75) is 105 Å². The van der Waals surface area contributed by atoms with E-state index in [1.807, 2.05) is 18.2 Å². The van der Waals surface area contributed by atoms with Crippen molar-refractivity contribution >= 4 is 44.0 Å². The van der Waals surface area contributed by atoms with Crippen LogP contribution >= 0.6 is 0 Å². The topological polar surface area (TPSA) is 48.8 Å². The van der Waals surface area contributed by atoms with Crippen molar-refractivity contribution in [2.24, 2.45) is 0 Å². The van der Waals surface area contributed by atoms with Crippen LogP contribution in [-0.2, 0) is 45.8 Å². The summed E-state index contributed by atoms with van der Waals surface area (Å²) in [5.74, 6) is 2.65. The fourth-order valence-corrected chi connectivity index (χ4v) is 12.6. The van der Waals surface area contributed by atoms with E-state index in [0.29, 0.717) is 11.8 Å². The number of hydrogen-bond acceptors (Lipinski definition) is 3. The zero-order chi connectivity index (χ0) is 57.8. The number of para-hydroxylation sites is 6. The largest absolute Gasteiger partial charge is 0.455 e. The number of aromatic nitrogens is 4. The third-order valence-corrected chi connectivity index (χ3v) is 17.1. The number of halogens is 1. The number of hydrogen-bond donors (Lipinski definition) is 0. The molecule has 0 spiro atoms. The molecule has 4 aliphatic rings. The Labute approximate surface area is 512 Å². The van der Waals surface area contributed by atoms with E-state index in [-0.39, 0.29) is 37.8 Å². The number of nitrogens with zero attached hydrogens (tertiary/aromatic N) is 4. The van der Waals surface area contributed by atoms with Crippen LogP contribution in [0.2, 0.25) is 0 Å². The molecule has 5 nitrogen and oxygen atoms in total. The van der Waals surface area contributed by atoms with Crippen molar-refractivity contribution in [3.8, 4) is 56.4 Å². The van der Waals surface area contributed by atoms with Gasteiger partial charge in [0.25, 0.3) is 0 Å². The van der Waals surface area contributed by atoms with E-state index < -0.39 is 0 Å². The monoisotopic (exact) mass is 1290 g/mol. The summed E-state index contributed by atoms with van der Waals surface area (Å²) in [4.78, 5) is 10.3. The maximum Gasteiger partial charge on any atom is 0.149 e. The SMILES string of the molecule is CC(C)c1cc(-c2cc3ccc2CCc2ccc(cc2)CC3)cc(C(C)C)c1-n1c(-c2cccc3c2oc2cc(-c4ccccc4)ccc23)nc2ccccc21.CC(C)c1cccc(C(C)C)c1-n1c(-c2[c-]cc(F)cc2)nc2ccccc21.[Ir]. The number of benzene rings is 10. The number of fused-ring (bicyclic) bond motifs is 5. The van der Waals surface area contributed by atoms with Gasteiger partial charge in [0.1, 0.15) is 17.0 Å². The Morgan fingerprint density at radius 3 is 1.61 bits per heavy atom. The second-order valence-electron chi connectivity index (χ2n) is 24.0. The van der Waals surface area contributed by atoms with Crippen molar-refractivity contribution in [1.29, 1.82) is 0 Å². The third-order valence-electron chi connectivity index (χ3n) is 17.1. The second-order valence-corrected chi connectivity index (χ2v) is 24.0. The third kappa shape index (κ3) is 10.9. The molecule has 3 heterocycles. The normalized spacial score (nSPS) is 12.4. The maximum atomic E-state index is 13.5. The van der Waals surface area contributed by atoms with Gasteiger partial charge in [-0.2, -0.15) is 0 Å². The first kappa shape index (κ1) is 57.0. The molecule has 0 amide bonds. The molecule has 1 radical (unpaired) electrons. The van der Waals surface area contributed by atoms with Gasteiger partial charge < -0.3 is 8.98 Å². The van der Waals surface area contributed by atoms with Crippen LogP contribution in [0.15, 0.2) is 211 Å². The summed E-state index contributed by atoms with van der Waals surface area (Å²) < 4.78 is 25.0. The number of aryl methyl sites for hydroxylation is 4. The van der Waals surface area contributed by atoms with Crippen LogP contribution in [-0.4, -0.2) is 19.1 Å². The van der Waals surface area contributed by atoms with Gasteiger partial charge in [-0.25, -0.2) is 4.98 Å². The van der Waals surface area contributed by atoms with Crippen LogP contribution in [0.25, 0.3) is 100 Å². The Kier molecular flexibility index (Phi) is 16.0. The van der Waals surface area contributed by atoms with Gasteiger partial charge in [0, 0.05) is 42.4 Å². The molecule has 0 aliphatic heterocycles. The molecule has 0 unspecified atom stereocenters. The summed E-state index contributed by atoms with van der Waals surface area (Å²) >= 11 is 0. The van der Waals surface area contributed by atoms with E-state index >= 15 is 0 Å². The molecule has 3 aromatic heterocycles. The van der Waals surface area contributed by atoms with Crippen LogP contribution in [0.1, 0.15) is 124 Å². The number of furan rings is 1. The van der Waals surface area contributed by atoms with Crippen molar-refractivity contribution in [1.82, 2.24) is 19.1 Å². The molecule has 17 rings (SSSR count). The first-order valence-electron chi connectivity index (χ1n) is 30.0. The summed E-state index contributed by atoms with van der Waals surface area (Å²) in [5.41, 5.74) is 25.8. The molecule has 0 atom stereocenters. The first-order valence-corrected chi connectivity index (χ1v) is 30.0. The average molecular weight is 1290 g/mol. The molecule has 4 aliphatic carbocycles. The predicted octanol–water partition coefficient (Wildman–Crippen LogP) is 20.9. The van der Waals surface area contributed by atoms with E-state index in [1.165, 1.54) is 84.7 Å². The van der Waals surface area contributed by atoms with Gasteiger partial charge in [-0.15, -0.1) is 29.8 Å². The second kappa shape index (κ2) is 23.9. The van der Waals surface area contributed by atoms with Crippen molar-refractivity contribution in [3.63, 3.8) is 0 Å². The van der Waals surface area contributed by atoms with Crippen LogP contribution in [0.4, 0.5) is 4.39 Å². The molecule has 10 aromatic carbocycles. The molecule has 85 heavy (non-hydrogen) atoms. The van der Waals surface area contributed by atoms with Crippen LogP contribution in [0.5, 0.6) is 0 Å². The number of rotatable bonds is 10. The fourth-order valence-electron chi connectivity index (χ4n) is 12.6. The molecule has 425 valence electrons. The minimum Gasteiger partial charge on any atom is -0.455 e. The molecule has 0 saturated carbocycles. The Morgan fingerprint density at radius 1 is 0.435 bits per heavy atom. The summed E-state index contributed by atoms with van der Waals surface area (Å²) in [6, 6.07) is 76.0. The molecular weight excluding hydrogens is 1220 g/mol. The molecule has 4 bridgehead atoms. The summed E-state index contributed by atoms with van der Waals surface area (Å²) in [6.07, 6.45) is 4.12. The molecular formula is C78H70FIrN4O-. The predicted molar refractivity (Wildman–Crippen MR) is 348 cm³/mol.